The van der Waals surface area contributed by atoms with Crippen LogP contribution in [0.2, 0.25) is 0 Å². The number of amides is 1. The van der Waals surface area contributed by atoms with Gasteiger partial charge >= 0.3 is 0 Å². The van der Waals surface area contributed by atoms with Gasteiger partial charge in [-0.2, -0.15) is 10.1 Å². The Bertz CT molecular complexity index is 764. The van der Waals surface area contributed by atoms with Crippen molar-refractivity contribution in [2.24, 2.45) is 7.05 Å². The molecule has 0 radical (unpaired) electrons. The third kappa shape index (κ3) is 4.90. The lowest BCUT2D eigenvalue weighted by molar-refractivity contribution is 0.102. The fraction of sp³-hybridized carbons (Fsp3) is 0.571. The lowest BCUT2D eigenvalue weighted by Crippen LogP contribution is -2.27. The predicted molar refractivity (Wildman–Crippen MR) is 113 cm³/mol. The van der Waals surface area contributed by atoms with Gasteiger partial charge in [-0.15, -0.1) is 0 Å². The van der Waals surface area contributed by atoms with Gasteiger partial charge in [-0.3, -0.25) is 10.1 Å². The topological polar surface area (TPSA) is 75.1 Å². The second kappa shape index (κ2) is 9.68. The van der Waals surface area contributed by atoms with Gasteiger partial charge in [-0.25, -0.2) is 4.68 Å². The molecule has 2 heterocycles. The number of hydrogen-bond donors (Lipinski definition) is 2. The van der Waals surface area contributed by atoms with E-state index in [-0.39, 0.29) is 5.91 Å². The highest BCUT2D eigenvalue weighted by molar-refractivity contribution is 6.03. The van der Waals surface area contributed by atoms with Crippen LogP contribution in [-0.4, -0.2) is 46.9 Å². The van der Waals surface area contributed by atoms with E-state index in [1.807, 2.05) is 31.3 Å². The molecule has 1 aromatic heterocycles. The molecule has 0 saturated carbocycles. The summed E-state index contributed by atoms with van der Waals surface area (Å²) in [6, 6.07) is 7.79. The molecule has 2 N–H and O–H groups in total. The van der Waals surface area contributed by atoms with E-state index in [0.717, 1.165) is 50.5 Å². The number of rotatable bonds is 8. The monoisotopic (exact) mass is 384 g/mol. The van der Waals surface area contributed by atoms with Crippen molar-refractivity contribution in [2.45, 2.75) is 45.4 Å². The van der Waals surface area contributed by atoms with Gasteiger partial charge in [-0.05, 0) is 63.5 Å². The summed E-state index contributed by atoms with van der Waals surface area (Å²) in [5, 5.41) is 10.8. The fourth-order valence-corrected chi connectivity index (χ4v) is 3.58. The van der Waals surface area contributed by atoms with Gasteiger partial charge in [0.2, 0.25) is 5.95 Å². The molecule has 1 aromatic carbocycles. The third-order valence-electron chi connectivity index (χ3n) is 5.37. The van der Waals surface area contributed by atoms with Gasteiger partial charge in [0.1, 0.15) is 0 Å². The van der Waals surface area contributed by atoms with Crippen LogP contribution in [0.5, 0.6) is 0 Å². The number of piperidine rings is 1. The summed E-state index contributed by atoms with van der Waals surface area (Å²) >= 11 is 0. The molecule has 0 atom stereocenters. The Morgan fingerprint density at radius 2 is 1.96 bits per heavy atom. The van der Waals surface area contributed by atoms with Crippen LogP contribution in [0.25, 0.3) is 0 Å². The average Bonchev–Trinajstić information content (AvgIpc) is 3.10. The fourth-order valence-electron chi connectivity index (χ4n) is 3.58. The highest BCUT2D eigenvalue weighted by atomic mass is 16.1. The molecule has 152 valence electrons. The molecular weight excluding hydrogens is 352 g/mol. The molecule has 1 saturated heterocycles. The second-order valence-corrected chi connectivity index (χ2v) is 7.38. The first-order valence-corrected chi connectivity index (χ1v) is 10.4. The lowest BCUT2D eigenvalue weighted by atomic mass is 9.98. The number of aryl methyl sites for hydroxylation is 1. The van der Waals surface area contributed by atoms with E-state index in [1.54, 1.807) is 4.68 Å². The van der Waals surface area contributed by atoms with Crippen LogP contribution in [-0.2, 0) is 7.05 Å². The van der Waals surface area contributed by atoms with Crippen molar-refractivity contribution in [3.05, 3.63) is 35.7 Å². The SMILES string of the molecule is CCCCN(CC)c1ccc(C(=O)Nc2nc(C3CCNCC3)nn2C)cc1. The van der Waals surface area contributed by atoms with Crippen LogP contribution in [0.15, 0.2) is 24.3 Å². The largest absolute Gasteiger partial charge is 0.372 e. The van der Waals surface area contributed by atoms with Crippen LogP contribution in [0, 0.1) is 0 Å². The number of benzene rings is 1. The first-order chi connectivity index (χ1) is 13.6. The van der Waals surface area contributed by atoms with E-state index in [2.05, 4.69) is 39.5 Å². The van der Waals surface area contributed by atoms with Gasteiger partial charge in [-0.1, -0.05) is 13.3 Å². The smallest absolute Gasteiger partial charge is 0.258 e. The molecule has 0 bridgehead atoms. The zero-order valence-electron chi connectivity index (χ0n) is 17.2. The van der Waals surface area contributed by atoms with Gasteiger partial charge in [0.25, 0.3) is 5.91 Å². The van der Waals surface area contributed by atoms with Crippen LogP contribution < -0.4 is 15.5 Å². The zero-order chi connectivity index (χ0) is 19.9. The average molecular weight is 385 g/mol. The molecule has 0 unspecified atom stereocenters. The Morgan fingerprint density at radius 1 is 1.25 bits per heavy atom. The Hall–Kier alpha value is -2.41. The Balaban J connectivity index is 1.65. The summed E-state index contributed by atoms with van der Waals surface area (Å²) in [6.07, 6.45) is 4.41. The molecule has 2 aromatic rings. The van der Waals surface area contributed by atoms with E-state index in [0.29, 0.717) is 17.4 Å². The summed E-state index contributed by atoms with van der Waals surface area (Å²) in [5.41, 5.74) is 1.78. The zero-order valence-corrected chi connectivity index (χ0v) is 17.2. The van der Waals surface area contributed by atoms with Crippen molar-refractivity contribution < 1.29 is 4.79 Å². The summed E-state index contributed by atoms with van der Waals surface area (Å²) < 4.78 is 1.66. The van der Waals surface area contributed by atoms with Crippen LogP contribution in [0.4, 0.5) is 11.6 Å². The summed E-state index contributed by atoms with van der Waals surface area (Å²) in [5.74, 6) is 1.53. The Labute approximate surface area is 167 Å². The standard InChI is InChI=1S/C21H32N6O/c1-4-6-15-27(5-2)18-9-7-17(8-10-18)20(28)24-21-23-19(25-26(21)3)16-11-13-22-14-12-16/h7-10,16,22H,4-6,11-15H2,1-3H3,(H,23,24,25,28). The lowest BCUT2D eigenvalue weighted by Gasteiger charge is -2.23. The molecule has 0 spiro atoms. The van der Waals surface area contributed by atoms with Crippen molar-refractivity contribution in [3.8, 4) is 0 Å². The number of carbonyl (C=O) groups is 1. The quantitative estimate of drug-likeness (QED) is 0.731. The van der Waals surface area contributed by atoms with E-state index in [9.17, 15) is 4.79 Å². The first-order valence-electron chi connectivity index (χ1n) is 10.4. The molecule has 1 aliphatic rings. The van der Waals surface area contributed by atoms with Gasteiger partial charge < -0.3 is 10.2 Å². The van der Waals surface area contributed by atoms with Crippen molar-refractivity contribution in [3.63, 3.8) is 0 Å². The van der Waals surface area contributed by atoms with E-state index in [4.69, 9.17) is 0 Å². The summed E-state index contributed by atoms with van der Waals surface area (Å²) in [6.45, 7) is 8.34. The van der Waals surface area contributed by atoms with Crippen molar-refractivity contribution >= 4 is 17.5 Å². The second-order valence-electron chi connectivity index (χ2n) is 7.38. The van der Waals surface area contributed by atoms with E-state index >= 15 is 0 Å². The number of aromatic nitrogens is 3. The summed E-state index contributed by atoms with van der Waals surface area (Å²) in [7, 11) is 1.82. The maximum Gasteiger partial charge on any atom is 0.258 e. The highest BCUT2D eigenvalue weighted by Gasteiger charge is 2.21. The van der Waals surface area contributed by atoms with Gasteiger partial charge in [0.15, 0.2) is 5.82 Å². The predicted octanol–water partition coefficient (Wildman–Crippen LogP) is 3.16. The number of hydrogen-bond acceptors (Lipinski definition) is 5. The highest BCUT2D eigenvalue weighted by Crippen LogP contribution is 2.23. The van der Waals surface area contributed by atoms with E-state index in [1.165, 1.54) is 12.8 Å². The minimum absolute atomic E-state index is 0.157. The minimum atomic E-state index is -0.157. The normalized spacial score (nSPS) is 14.8. The van der Waals surface area contributed by atoms with Crippen molar-refractivity contribution in [1.29, 1.82) is 0 Å². The molecule has 7 nitrogen and oxygen atoms in total. The molecule has 1 aliphatic heterocycles. The Kier molecular flexibility index (Phi) is 7.03. The maximum atomic E-state index is 12.7. The third-order valence-corrected chi connectivity index (χ3v) is 5.37. The molecule has 1 fully saturated rings. The van der Waals surface area contributed by atoms with Gasteiger partial charge in [0.05, 0.1) is 0 Å². The minimum Gasteiger partial charge on any atom is -0.372 e. The van der Waals surface area contributed by atoms with Gasteiger partial charge in [0, 0.05) is 37.3 Å². The Morgan fingerprint density at radius 3 is 2.61 bits per heavy atom. The van der Waals surface area contributed by atoms with Crippen molar-refractivity contribution in [1.82, 2.24) is 20.1 Å². The number of unbranched alkanes of at least 4 members (excludes halogenated alkanes) is 1. The molecule has 28 heavy (non-hydrogen) atoms. The molecule has 3 rings (SSSR count). The molecule has 7 heteroatoms. The molecule has 1 amide bonds. The number of carbonyl (C=O) groups excluding carboxylic acids is 1. The van der Waals surface area contributed by atoms with Crippen LogP contribution in [0.3, 0.4) is 0 Å². The van der Waals surface area contributed by atoms with E-state index < -0.39 is 0 Å². The van der Waals surface area contributed by atoms with Crippen LogP contribution in [0.1, 0.15) is 61.6 Å². The molecule has 0 aliphatic carbocycles. The van der Waals surface area contributed by atoms with Crippen LogP contribution >= 0.6 is 0 Å². The maximum absolute atomic E-state index is 12.7. The number of nitrogens with zero attached hydrogens (tertiary/aromatic N) is 4. The van der Waals surface area contributed by atoms with Crippen molar-refractivity contribution in [2.75, 3.05) is 36.4 Å². The number of nitrogens with one attached hydrogen (secondary N) is 2. The molecular formula is C21H32N6O. The first kappa shape index (κ1) is 20.3. The summed E-state index contributed by atoms with van der Waals surface area (Å²) in [4.78, 5) is 19.6. The number of anilines is 2.